The van der Waals surface area contributed by atoms with Gasteiger partial charge in [0.25, 0.3) is 0 Å². The first-order valence-electron chi connectivity index (χ1n) is 7.85. The standard InChI is InChI=1S/C17H22N2O/c20-16(19-11-17(7-8-17)14-5-6-14)15-9-12-3-1-2-4-13(12)10-18-15/h1-4,14-15,18H,5-11H2,(H,19,20). The summed E-state index contributed by atoms with van der Waals surface area (Å²) in [7, 11) is 0. The van der Waals surface area contributed by atoms with E-state index in [4.69, 9.17) is 0 Å². The first-order chi connectivity index (χ1) is 9.77. The second-order valence-electron chi connectivity index (χ2n) is 6.76. The highest BCUT2D eigenvalue weighted by molar-refractivity contribution is 5.82. The first-order valence-corrected chi connectivity index (χ1v) is 7.85. The zero-order chi connectivity index (χ0) is 13.6. The maximum Gasteiger partial charge on any atom is 0.237 e. The van der Waals surface area contributed by atoms with Crippen LogP contribution in [0.15, 0.2) is 24.3 Å². The summed E-state index contributed by atoms with van der Waals surface area (Å²) in [6.45, 7) is 1.71. The van der Waals surface area contributed by atoms with Gasteiger partial charge in [-0.2, -0.15) is 0 Å². The van der Waals surface area contributed by atoms with Crippen LogP contribution in [0.4, 0.5) is 0 Å². The maximum atomic E-state index is 12.4. The summed E-state index contributed by atoms with van der Waals surface area (Å²) in [5.74, 6) is 1.09. The molecule has 0 radical (unpaired) electrons. The lowest BCUT2D eigenvalue weighted by Gasteiger charge is -2.26. The number of nitrogens with one attached hydrogen (secondary N) is 2. The molecular formula is C17H22N2O. The van der Waals surface area contributed by atoms with Crippen molar-refractivity contribution in [3.8, 4) is 0 Å². The highest BCUT2D eigenvalue weighted by Crippen LogP contribution is 2.60. The van der Waals surface area contributed by atoms with Crippen LogP contribution in [-0.2, 0) is 17.8 Å². The Morgan fingerprint density at radius 1 is 1.25 bits per heavy atom. The summed E-state index contributed by atoms with van der Waals surface area (Å²) in [5.41, 5.74) is 3.13. The van der Waals surface area contributed by atoms with E-state index in [1.165, 1.54) is 36.8 Å². The molecule has 0 aromatic heterocycles. The van der Waals surface area contributed by atoms with Gasteiger partial charge in [0.15, 0.2) is 0 Å². The Morgan fingerprint density at radius 3 is 2.70 bits per heavy atom. The average molecular weight is 270 g/mol. The lowest BCUT2D eigenvalue weighted by Crippen LogP contribution is -2.48. The summed E-state index contributed by atoms with van der Waals surface area (Å²) in [5, 5.41) is 6.57. The second kappa shape index (κ2) is 4.59. The zero-order valence-corrected chi connectivity index (χ0v) is 11.8. The molecule has 1 aromatic carbocycles. The van der Waals surface area contributed by atoms with E-state index in [1.807, 2.05) is 0 Å². The summed E-state index contributed by atoms with van der Waals surface area (Å²) in [4.78, 5) is 12.4. The normalized spacial score (nSPS) is 26.7. The minimum atomic E-state index is -0.0556. The summed E-state index contributed by atoms with van der Waals surface area (Å²) >= 11 is 0. The van der Waals surface area contributed by atoms with Gasteiger partial charge in [-0.15, -0.1) is 0 Å². The van der Waals surface area contributed by atoms with Crippen molar-refractivity contribution in [2.45, 2.75) is 44.7 Å². The molecule has 3 aliphatic rings. The van der Waals surface area contributed by atoms with Crippen LogP contribution in [0.5, 0.6) is 0 Å². The zero-order valence-electron chi connectivity index (χ0n) is 11.8. The van der Waals surface area contributed by atoms with Crippen LogP contribution >= 0.6 is 0 Å². The molecule has 4 rings (SSSR count). The van der Waals surface area contributed by atoms with Crippen LogP contribution in [0.1, 0.15) is 36.8 Å². The van der Waals surface area contributed by atoms with Crippen LogP contribution in [0.3, 0.4) is 0 Å². The molecule has 1 amide bonds. The van der Waals surface area contributed by atoms with Gasteiger partial charge < -0.3 is 10.6 Å². The Kier molecular flexibility index (Phi) is 2.84. The van der Waals surface area contributed by atoms with Gasteiger partial charge in [-0.1, -0.05) is 24.3 Å². The van der Waals surface area contributed by atoms with E-state index in [1.54, 1.807) is 0 Å². The molecular weight excluding hydrogens is 248 g/mol. The number of hydrogen-bond donors (Lipinski definition) is 2. The van der Waals surface area contributed by atoms with Crippen molar-refractivity contribution in [2.24, 2.45) is 11.3 Å². The summed E-state index contributed by atoms with van der Waals surface area (Å²) in [6.07, 6.45) is 6.21. The van der Waals surface area contributed by atoms with Crippen molar-refractivity contribution < 1.29 is 4.79 Å². The largest absolute Gasteiger partial charge is 0.354 e. The van der Waals surface area contributed by atoms with Gasteiger partial charge in [0, 0.05) is 13.1 Å². The fourth-order valence-electron chi connectivity index (χ4n) is 3.61. The number of amides is 1. The Hall–Kier alpha value is -1.35. The fourth-order valence-corrected chi connectivity index (χ4v) is 3.61. The maximum absolute atomic E-state index is 12.4. The van der Waals surface area contributed by atoms with Crippen molar-refractivity contribution in [1.82, 2.24) is 10.6 Å². The number of benzene rings is 1. The van der Waals surface area contributed by atoms with Gasteiger partial charge in [0.1, 0.15) is 0 Å². The van der Waals surface area contributed by atoms with Gasteiger partial charge in [-0.25, -0.2) is 0 Å². The third kappa shape index (κ3) is 2.24. The van der Waals surface area contributed by atoms with Crippen molar-refractivity contribution in [1.29, 1.82) is 0 Å². The Labute approximate surface area is 120 Å². The van der Waals surface area contributed by atoms with Crippen LogP contribution < -0.4 is 10.6 Å². The molecule has 1 aromatic rings. The topological polar surface area (TPSA) is 41.1 Å². The molecule has 1 heterocycles. The van der Waals surface area contributed by atoms with Gasteiger partial charge in [-0.3, -0.25) is 4.79 Å². The molecule has 2 fully saturated rings. The van der Waals surface area contributed by atoms with Crippen molar-refractivity contribution >= 4 is 5.91 Å². The molecule has 20 heavy (non-hydrogen) atoms. The Bertz CT molecular complexity index is 532. The lowest BCUT2D eigenvalue weighted by molar-refractivity contribution is -0.123. The van der Waals surface area contributed by atoms with E-state index < -0.39 is 0 Å². The fraction of sp³-hybridized carbons (Fsp3) is 0.588. The van der Waals surface area contributed by atoms with Crippen LogP contribution in [0.2, 0.25) is 0 Å². The number of rotatable bonds is 4. The predicted molar refractivity (Wildman–Crippen MR) is 78.2 cm³/mol. The predicted octanol–water partition coefficient (Wildman–Crippen LogP) is 2.01. The van der Waals surface area contributed by atoms with Gasteiger partial charge in [0.05, 0.1) is 6.04 Å². The molecule has 1 unspecified atom stereocenters. The molecule has 106 valence electrons. The minimum Gasteiger partial charge on any atom is -0.354 e. The molecule has 2 N–H and O–H groups in total. The third-order valence-corrected chi connectivity index (χ3v) is 5.35. The molecule has 0 bridgehead atoms. The number of carbonyl (C=O) groups excluding carboxylic acids is 1. The molecule has 2 aliphatic carbocycles. The molecule has 0 saturated heterocycles. The summed E-state index contributed by atoms with van der Waals surface area (Å²) < 4.78 is 0. The molecule has 1 aliphatic heterocycles. The van der Waals surface area contributed by atoms with E-state index in [-0.39, 0.29) is 11.9 Å². The van der Waals surface area contributed by atoms with E-state index in [9.17, 15) is 4.79 Å². The molecule has 0 spiro atoms. The second-order valence-corrected chi connectivity index (χ2v) is 6.76. The molecule has 3 heteroatoms. The Balaban J connectivity index is 1.35. The van der Waals surface area contributed by atoms with Gasteiger partial charge in [0.2, 0.25) is 5.91 Å². The molecule has 1 atom stereocenters. The van der Waals surface area contributed by atoms with Crippen LogP contribution in [0.25, 0.3) is 0 Å². The SMILES string of the molecule is O=C(NCC1(C2CC2)CC1)C1Cc2ccccc2CN1. The van der Waals surface area contributed by atoms with E-state index in [0.717, 1.165) is 25.4 Å². The van der Waals surface area contributed by atoms with Crippen LogP contribution in [-0.4, -0.2) is 18.5 Å². The van der Waals surface area contributed by atoms with Crippen LogP contribution in [0, 0.1) is 11.3 Å². The van der Waals surface area contributed by atoms with Gasteiger partial charge in [-0.05, 0) is 54.6 Å². The lowest BCUT2D eigenvalue weighted by atomic mass is 9.95. The average Bonchev–Trinajstić information content (AvgIpc) is 3.37. The van der Waals surface area contributed by atoms with E-state index in [0.29, 0.717) is 5.41 Å². The quantitative estimate of drug-likeness (QED) is 0.878. The van der Waals surface area contributed by atoms with E-state index >= 15 is 0 Å². The third-order valence-electron chi connectivity index (χ3n) is 5.35. The summed E-state index contributed by atoms with van der Waals surface area (Å²) in [6, 6.07) is 8.35. The Morgan fingerprint density at radius 2 is 2.00 bits per heavy atom. The van der Waals surface area contributed by atoms with E-state index in [2.05, 4.69) is 34.9 Å². The number of fused-ring (bicyclic) bond motifs is 1. The number of hydrogen-bond acceptors (Lipinski definition) is 2. The van der Waals surface area contributed by atoms with Crippen molar-refractivity contribution in [3.05, 3.63) is 35.4 Å². The number of carbonyl (C=O) groups is 1. The highest BCUT2D eigenvalue weighted by atomic mass is 16.2. The monoisotopic (exact) mass is 270 g/mol. The minimum absolute atomic E-state index is 0.0556. The smallest absolute Gasteiger partial charge is 0.237 e. The van der Waals surface area contributed by atoms with Gasteiger partial charge >= 0.3 is 0 Å². The van der Waals surface area contributed by atoms with Crippen molar-refractivity contribution in [2.75, 3.05) is 6.54 Å². The van der Waals surface area contributed by atoms with Crippen molar-refractivity contribution in [3.63, 3.8) is 0 Å². The molecule has 2 saturated carbocycles. The first kappa shape index (κ1) is 12.4. The highest BCUT2D eigenvalue weighted by Gasteiger charge is 2.53. The molecule has 3 nitrogen and oxygen atoms in total.